The van der Waals surface area contributed by atoms with Gasteiger partial charge in [-0.3, -0.25) is 0 Å². The molecule has 0 aromatic carbocycles. The van der Waals surface area contributed by atoms with Crippen LogP contribution >= 0.6 is 0 Å². The molecular weight excluding hydrogens is 98.1 g/mol. The SMILES string of the molecule is C/C=C1/C=CC=CN1. The normalized spacial score (nSPS) is 21.4. The van der Waals surface area contributed by atoms with Crippen molar-refractivity contribution in [3.63, 3.8) is 0 Å². The maximum absolute atomic E-state index is 3.06. The lowest BCUT2D eigenvalue weighted by Crippen LogP contribution is -2.03. The van der Waals surface area contributed by atoms with Crippen molar-refractivity contribution in [3.05, 3.63) is 36.2 Å². The highest BCUT2D eigenvalue weighted by molar-refractivity contribution is 5.25. The van der Waals surface area contributed by atoms with Gasteiger partial charge in [0.2, 0.25) is 0 Å². The van der Waals surface area contributed by atoms with Crippen LogP contribution in [0.2, 0.25) is 0 Å². The van der Waals surface area contributed by atoms with Gasteiger partial charge in [-0.05, 0) is 19.1 Å². The van der Waals surface area contributed by atoms with E-state index in [1.165, 1.54) is 0 Å². The number of allylic oxidation sites excluding steroid dienone is 4. The van der Waals surface area contributed by atoms with Crippen LogP contribution in [0.1, 0.15) is 6.92 Å². The number of hydrogen-bond acceptors (Lipinski definition) is 1. The van der Waals surface area contributed by atoms with E-state index in [0.717, 1.165) is 5.70 Å². The summed E-state index contributed by atoms with van der Waals surface area (Å²) in [6.07, 6.45) is 9.94. The fraction of sp³-hybridized carbons (Fsp3) is 0.143. The van der Waals surface area contributed by atoms with Gasteiger partial charge in [-0.15, -0.1) is 0 Å². The van der Waals surface area contributed by atoms with Gasteiger partial charge in [0.1, 0.15) is 0 Å². The largest absolute Gasteiger partial charge is 0.362 e. The van der Waals surface area contributed by atoms with E-state index in [9.17, 15) is 0 Å². The lowest BCUT2D eigenvalue weighted by atomic mass is 10.3. The van der Waals surface area contributed by atoms with Gasteiger partial charge < -0.3 is 5.32 Å². The van der Waals surface area contributed by atoms with Crippen molar-refractivity contribution >= 4 is 0 Å². The zero-order valence-electron chi connectivity index (χ0n) is 4.89. The molecule has 1 aliphatic heterocycles. The summed E-state index contributed by atoms with van der Waals surface area (Å²) in [6.45, 7) is 2.01. The maximum Gasteiger partial charge on any atom is 0.0336 e. The van der Waals surface area contributed by atoms with Gasteiger partial charge in [0.15, 0.2) is 0 Å². The Kier molecular flexibility index (Phi) is 1.52. The molecule has 42 valence electrons. The summed E-state index contributed by atoms with van der Waals surface area (Å²) < 4.78 is 0. The molecule has 0 saturated heterocycles. The quantitative estimate of drug-likeness (QED) is 0.495. The summed E-state index contributed by atoms with van der Waals surface area (Å²) in [5.74, 6) is 0. The van der Waals surface area contributed by atoms with Gasteiger partial charge in [-0.1, -0.05) is 12.2 Å². The molecule has 0 saturated carbocycles. The zero-order valence-corrected chi connectivity index (χ0v) is 4.89. The molecule has 0 aromatic heterocycles. The van der Waals surface area contributed by atoms with E-state index in [2.05, 4.69) is 5.32 Å². The molecule has 1 aliphatic rings. The zero-order chi connectivity index (χ0) is 5.82. The molecule has 0 radical (unpaired) electrons. The van der Waals surface area contributed by atoms with Crippen molar-refractivity contribution in [1.29, 1.82) is 0 Å². The van der Waals surface area contributed by atoms with Crippen LogP contribution in [-0.4, -0.2) is 0 Å². The Morgan fingerprint density at radius 3 is 2.75 bits per heavy atom. The van der Waals surface area contributed by atoms with Gasteiger partial charge in [0.25, 0.3) is 0 Å². The van der Waals surface area contributed by atoms with Gasteiger partial charge in [0, 0.05) is 11.9 Å². The fourth-order valence-electron chi connectivity index (χ4n) is 0.587. The molecule has 0 spiro atoms. The number of hydrogen-bond donors (Lipinski definition) is 1. The highest BCUT2D eigenvalue weighted by Crippen LogP contribution is 1.95. The monoisotopic (exact) mass is 107 g/mol. The Bertz CT molecular complexity index is 152. The highest BCUT2D eigenvalue weighted by Gasteiger charge is 1.85. The molecule has 0 unspecified atom stereocenters. The lowest BCUT2D eigenvalue weighted by Gasteiger charge is -2.01. The first-order chi connectivity index (χ1) is 3.93. The predicted molar refractivity (Wildman–Crippen MR) is 35.2 cm³/mol. The van der Waals surface area contributed by atoms with Crippen molar-refractivity contribution in [2.45, 2.75) is 6.92 Å². The molecule has 0 atom stereocenters. The third kappa shape index (κ3) is 0.997. The Labute approximate surface area is 49.4 Å². The van der Waals surface area contributed by atoms with E-state index in [4.69, 9.17) is 0 Å². The maximum atomic E-state index is 3.06. The first-order valence-electron chi connectivity index (χ1n) is 2.69. The Hall–Kier alpha value is -0.980. The summed E-state index contributed by atoms with van der Waals surface area (Å²) in [4.78, 5) is 0. The van der Waals surface area contributed by atoms with Crippen molar-refractivity contribution in [2.75, 3.05) is 0 Å². The van der Waals surface area contributed by atoms with Crippen LogP contribution in [0.3, 0.4) is 0 Å². The van der Waals surface area contributed by atoms with Gasteiger partial charge in [-0.2, -0.15) is 0 Å². The minimum Gasteiger partial charge on any atom is -0.362 e. The molecular formula is C7H9N. The van der Waals surface area contributed by atoms with Crippen LogP contribution in [-0.2, 0) is 0 Å². The highest BCUT2D eigenvalue weighted by atomic mass is 14.8. The third-order valence-corrected chi connectivity index (χ3v) is 1.04. The second kappa shape index (κ2) is 2.36. The van der Waals surface area contributed by atoms with Gasteiger partial charge in [0.05, 0.1) is 0 Å². The average Bonchev–Trinajstić information content (AvgIpc) is 1.90. The molecule has 0 bridgehead atoms. The van der Waals surface area contributed by atoms with Gasteiger partial charge in [-0.25, -0.2) is 0 Å². The molecule has 1 N–H and O–H groups in total. The summed E-state index contributed by atoms with van der Waals surface area (Å²) in [5.41, 5.74) is 1.16. The molecule has 1 heteroatoms. The summed E-state index contributed by atoms with van der Waals surface area (Å²) in [6, 6.07) is 0. The van der Waals surface area contributed by atoms with Crippen LogP contribution in [0.4, 0.5) is 0 Å². The topological polar surface area (TPSA) is 12.0 Å². The smallest absolute Gasteiger partial charge is 0.0336 e. The van der Waals surface area contributed by atoms with Crippen molar-refractivity contribution in [3.8, 4) is 0 Å². The second-order valence-electron chi connectivity index (χ2n) is 1.61. The second-order valence-corrected chi connectivity index (χ2v) is 1.61. The van der Waals surface area contributed by atoms with Crippen molar-refractivity contribution < 1.29 is 0 Å². The Balaban J connectivity index is 2.66. The van der Waals surface area contributed by atoms with Crippen molar-refractivity contribution in [2.24, 2.45) is 0 Å². The Morgan fingerprint density at radius 2 is 2.38 bits per heavy atom. The van der Waals surface area contributed by atoms with Crippen LogP contribution in [0, 0.1) is 0 Å². The molecule has 1 heterocycles. The molecule has 1 rings (SSSR count). The van der Waals surface area contributed by atoms with Crippen LogP contribution in [0.5, 0.6) is 0 Å². The molecule has 0 aromatic rings. The first-order valence-corrected chi connectivity index (χ1v) is 2.69. The minimum absolute atomic E-state index is 1.16. The van der Waals surface area contributed by atoms with E-state index in [-0.39, 0.29) is 0 Å². The van der Waals surface area contributed by atoms with E-state index < -0.39 is 0 Å². The van der Waals surface area contributed by atoms with Crippen LogP contribution in [0.15, 0.2) is 36.2 Å². The molecule has 1 nitrogen and oxygen atoms in total. The standard InChI is InChI=1S/C7H9N/c1-2-7-5-3-4-6-8-7/h2-6,8H,1H3/b7-2-. The van der Waals surface area contributed by atoms with Crippen LogP contribution in [0.25, 0.3) is 0 Å². The summed E-state index contributed by atoms with van der Waals surface area (Å²) in [5, 5.41) is 3.06. The predicted octanol–water partition coefficient (Wildman–Crippen LogP) is 1.56. The Morgan fingerprint density at radius 1 is 1.50 bits per heavy atom. The fourth-order valence-corrected chi connectivity index (χ4v) is 0.587. The number of nitrogens with one attached hydrogen (secondary N) is 1. The third-order valence-electron chi connectivity index (χ3n) is 1.04. The van der Waals surface area contributed by atoms with E-state index in [0.29, 0.717) is 0 Å². The molecule has 0 aliphatic carbocycles. The van der Waals surface area contributed by atoms with E-state index >= 15 is 0 Å². The minimum atomic E-state index is 1.16. The molecule has 8 heavy (non-hydrogen) atoms. The summed E-state index contributed by atoms with van der Waals surface area (Å²) in [7, 11) is 0. The average molecular weight is 107 g/mol. The number of rotatable bonds is 0. The molecule has 0 fully saturated rings. The lowest BCUT2D eigenvalue weighted by molar-refractivity contribution is 1.09. The van der Waals surface area contributed by atoms with Crippen molar-refractivity contribution in [1.82, 2.24) is 5.32 Å². The molecule has 0 amide bonds. The van der Waals surface area contributed by atoms with Crippen LogP contribution < -0.4 is 5.32 Å². The van der Waals surface area contributed by atoms with E-state index in [1.807, 2.05) is 37.4 Å². The first kappa shape index (κ1) is 5.16. The van der Waals surface area contributed by atoms with Gasteiger partial charge >= 0.3 is 0 Å². The number of dihydropyridines is 1. The van der Waals surface area contributed by atoms with E-state index in [1.54, 1.807) is 0 Å². The summed E-state index contributed by atoms with van der Waals surface area (Å²) >= 11 is 0.